The highest BCUT2D eigenvalue weighted by atomic mass is 16.3. The van der Waals surface area contributed by atoms with Crippen molar-refractivity contribution >= 4 is 0 Å². The largest absolute Gasteiger partial charge is 0.389 e. The molecule has 1 unspecified atom stereocenters. The van der Waals surface area contributed by atoms with Gasteiger partial charge in [-0.1, -0.05) is 25.5 Å². The molecule has 1 N–H and O–H groups in total. The van der Waals surface area contributed by atoms with Gasteiger partial charge in [0.05, 0.1) is 6.10 Å². The third kappa shape index (κ3) is 5.14. The van der Waals surface area contributed by atoms with E-state index in [4.69, 9.17) is 0 Å². The average molecular weight is 168 g/mol. The zero-order valence-electron chi connectivity index (χ0n) is 8.21. The first-order chi connectivity index (χ1) is 5.72. The molecule has 0 aliphatic heterocycles. The Hall–Kier alpha value is -0.560. The van der Waals surface area contributed by atoms with Gasteiger partial charge in [-0.15, -0.1) is 6.58 Å². The van der Waals surface area contributed by atoms with Crippen molar-refractivity contribution in [3.63, 3.8) is 0 Å². The molecular weight excluding hydrogens is 148 g/mol. The Morgan fingerprint density at radius 2 is 2.17 bits per heavy atom. The van der Waals surface area contributed by atoms with E-state index in [-0.39, 0.29) is 6.10 Å². The molecule has 0 saturated heterocycles. The van der Waals surface area contributed by atoms with Gasteiger partial charge in [-0.25, -0.2) is 0 Å². The van der Waals surface area contributed by atoms with Crippen LogP contribution in [0.1, 0.15) is 39.5 Å². The van der Waals surface area contributed by atoms with Crippen molar-refractivity contribution in [3.05, 3.63) is 24.3 Å². The summed E-state index contributed by atoms with van der Waals surface area (Å²) in [6.07, 6.45) is 7.87. The van der Waals surface area contributed by atoms with Gasteiger partial charge < -0.3 is 5.11 Å². The molecule has 0 bridgehead atoms. The zero-order chi connectivity index (χ0) is 9.40. The number of allylic oxidation sites excluding steroid dienone is 2. The standard InChI is InChI=1S/C11H20O/c1-4-6-7-9-11(8-5-2)10(3)12/h4,9-10,12H,1,5-8H2,2-3H3/b11-9+. The maximum absolute atomic E-state index is 9.35. The van der Waals surface area contributed by atoms with Gasteiger partial charge in [-0.05, 0) is 31.8 Å². The first-order valence-electron chi connectivity index (χ1n) is 4.70. The summed E-state index contributed by atoms with van der Waals surface area (Å²) < 4.78 is 0. The Morgan fingerprint density at radius 3 is 2.58 bits per heavy atom. The Bertz CT molecular complexity index is 145. The van der Waals surface area contributed by atoms with Crippen LogP contribution in [-0.2, 0) is 0 Å². The molecule has 0 rings (SSSR count). The second-order valence-electron chi connectivity index (χ2n) is 3.07. The Labute approximate surface area is 75.8 Å². The van der Waals surface area contributed by atoms with Crippen molar-refractivity contribution in [1.29, 1.82) is 0 Å². The molecule has 0 heterocycles. The Kier molecular flexibility index (Phi) is 6.78. The summed E-state index contributed by atoms with van der Waals surface area (Å²) in [7, 11) is 0. The highest BCUT2D eigenvalue weighted by Gasteiger charge is 2.01. The molecule has 1 atom stereocenters. The highest BCUT2D eigenvalue weighted by molar-refractivity contribution is 5.06. The van der Waals surface area contributed by atoms with Gasteiger partial charge in [0.25, 0.3) is 0 Å². The van der Waals surface area contributed by atoms with E-state index >= 15 is 0 Å². The van der Waals surface area contributed by atoms with E-state index in [0.717, 1.165) is 25.7 Å². The van der Waals surface area contributed by atoms with Gasteiger partial charge in [-0.2, -0.15) is 0 Å². The first kappa shape index (κ1) is 11.4. The van der Waals surface area contributed by atoms with Crippen LogP contribution in [0, 0.1) is 0 Å². The van der Waals surface area contributed by atoms with Crippen molar-refractivity contribution in [2.24, 2.45) is 0 Å². The lowest BCUT2D eigenvalue weighted by Gasteiger charge is -2.08. The predicted octanol–water partition coefficient (Wildman–Crippen LogP) is 3.06. The zero-order valence-corrected chi connectivity index (χ0v) is 8.21. The minimum atomic E-state index is -0.283. The molecule has 0 spiro atoms. The van der Waals surface area contributed by atoms with Crippen molar-refractivity contribution in [2.75, 3.05) is 0 Å². The molecule has 0 radical (unpaired) electrons. The van der Waals surface area contributed by atoms with Crippen molar-refractivity contribution < 1.29 is 5.11 Å². The van der Waals surface area contributed by atoms with Crippen LogP contribution in [0.5, 0.6) is 0 Å². The lowest BCUT2D eigenvalue weighted by atomic mass is 10.0. The number of unbranched alkanes of at least 4 members (excludes halogenated alkanes) is 1. The number of hydrogen-bond donors (Lipinski definition) is 1. The van der Waals surface area contributed by atoms with Gasteiger partial charge >= 0.3 is 0 Å². The molecule has 70 valence electrons. The quantitative estimate of drug-likeness (QED) is 0.477. The van der Waals surface area contributed by atoms with Crippen LogP contribution in [0.3, 0.4) is 0 Å². The monoisotopic (exact) mass is 168 g/mol. The van der Waals surface area contributed by atoms with Crippen molar-refractivity contribution in [1.82, 2.24) is 0 Å². The van der Waals surface area contributed by atoms with E-state index in [1.165, 1.54) is 5.57 Å². The van der Waals surface area contributed by atoms with Gasteiger partial charge in [0.2, 0.25) is 0 Å². The van der Waals surface area contributed by atoms with E-state index in [1.54, 1.807) is 0 Å². The molecule has 0 fully saturated rings. The normalized spacial score (nSPS) is 14.4. The summed E-state index contributed by atoms with van der Waals surface area (Å²) in [4.78, 5) is 0. The lowest BCUT2D eigenvalue weighted by molar-refractivity contribution is 0.226. The fourth-order valence-corrected chi connectivity index (χ4v) is 1.16. The third-order valence-corrected chi connectivity index (χ3v) is 1.85. The van der Waals surface area contributed by atoms with E-state index in [0.29, 0.717) is 0 Å². The molecule has 0 aromatic rings. The molecule has 0 aliphatic carbocycles. The molecule has 0 aromatic carbocycles. The highest BCUT2D eigenvalue weighted by Crippen LogP contribution is 2.11. The van der Waals surface area contributed by atoms with Crippen LogP contribution in [-0.4, -0.2) is 11.2 Å². The predicted molar refractivity (Wildman–Crippen MR) is 54.1 cm³/mol. The second-order valence-corrected chi connectivity index (χ2v) is 3.07. The minimum absolute atomic E-state index is 0.283. The molecule has 0 amide bonds. The van der Waals surface area contributed by atoms with Crippen LogP contribution in [0.15, 0.2) is 24.3 Å². The SMILES string of the molecule is C=CCC/C=C(\CCC)C(C)O. The fourth-order valence-electron chi connectivity index (χ4n) is 1.16. The molecule has 0 saturated carbocycles. The molecule has 12 heavy (non-hydrogen) atoms. The smallest absolute Gasteiger partial charge is 0.0721 e. The molecule has 0 aliphatic rings. The number of rotatable bonds is 6. The lowest BCUT2D eigenvalue weighted by Crippen LogP contribution is -2.04. The topological polar surface area (TPSA) is 20.2 Å². The van der Waals surface area contributed by atoms with E-state index in [1.807, 2.05) is 13.0 Å². The van der Waals surface area contributed by atoms with Gasteiger partial charge in [0, 0.05) is 0 Å². The van der Waals surface area contributed by atoms with Crippen LogP contribution in [0.2, 0.25) is 0 Å². The minimum Gasteiger partial charge on any atom is -0.389 e. The van der Waals surface area contributed by atoms with Gasteiger partial charge in [0.1, 0.15) is 0 Å². The molecule has 1 nitrogen and oxygen atoms in total. The number of aliphatic hydroxyl groups is 1. The summed E-state index contributed by atoms with van der Waals surface area (Å²) in [5, 5.41) is 9.35. The van der Waals surface area contributed by atoms with Crippen molar-refractivity contribution in [2.45, 2.75) is 45.6 Å². The summed E-state index contributed by atoms with van der Waals surface area (Å²) in [5.41, 5.74) is 1.17. The average Bonchev–Trinajstić information content (AvgIpc) is 2.03. The van der Waals surface area contributed by atoms with Gasteiger partial charge in [-0.3, -0.25) is 0 Å². The first-order valence-corrected chi connectivity index (χ1v) is 4.70. The van der Waals surface area contributed by atoms with Crippen LogP contribution in [0.25, 0.3) is 0 Å². The Balaban J connectivity index is 3.89. The third-order valence-electron chi connectivity index (χ3n) is 1.85. The Morgan fingerprint density at radius 1 is 1.50 bits per heavy atom. The summed E-state index contributed by atoms with van der Waals surface area (Å²) >= 11 is 0. The molecule has 1 heteroatoms. The van der Waals surface area contributed by atoms with E-state index in [9.17, 15) is 5.11 Å². The van der Waals surface area contributed by atoms with Crippen LogP contribution >= 0.6 is 0 Å². The summed E-state index contributed by atoms with van der Waals surface area (Å²) in [6, 6.07) is 0. The van der Waals surface area contributed by atoms with Crippen LogP contribution in [0.4, 0.5) is 0 Å². The second kappa shape index (κ2) is 7.11. The number of hydrogen-bond acceptors (Lipinski definition) is 1. The maximum atomic E-state index is 9.35. The molecular formula is C11H20O. The summed E-state index contributed by atoms with van der Waals surface area (Å²) in [6.45, 7) is 7.61. The fraction of sp³-hybridized carbons (Fsp3) is 0.636. The van der Waals surface area contributed by atoms with Crippen molar-refractivity contribution in [3.8, 4) is 0 Å². The van der Waals surface area contributed by atoms with E-state index < -0.39 is 0 Å². The van der Waals surface area contributed by atoms with Gasteiger partial charge in [0.15, 0.2) is 0 Å². The van der Waals surface area contributed by atoms with E-state index in [2.05, 4.69) is 19.6 Å². The number of aliphatic hydroxyl groups excluding tert-OH is 1. The summed E-state index contributed by atoms with van der Waals surface area (Å²) in [5.74, 6) is 0. The molecule has 0 aromatic heterocycles. The van der Waals surface area contributed by atoms with Crippen LogP contribution < -0.4 is 0 Å². The maximum Gasteiger partial charge on any atom is 0.0721 e.